The zero-order valence-corrected chi connectivity index (χ0v) is 16.0. The highest BCUT2D eigenvalue weighted by Gasteiger charge is 2.18. The lowest BCUT2D eigenvalue weighted by molar-refractivity contribution is -0.137. The Hall–Kier alpha value is -3.35. The molecule has 2 aromatic rings. The van der Waals surface area contributed by atoms with E-state index in [-0.39, 0.29) is 30.8 Å². The Morgan fingerprint density at radius 3 is 2.04 bits per heavy atom. The molecule has 0 aliphatic heterocycles. The van der Waals surface area contributed by atoms with Gasteiger partial charge in [0.05, 0.1) is 6.42 Å². The van der Waals surface area contributed by atoms with E-state index < -0.39 is 5.97 Å². The number of carboxylic acids is 1. The highest BCUT2D eigenvalue weighted by Crippen LogP contribution is 2.14. The van der Waals surface area contributed by atoms with Gasteiger partial charge in [-0.15, -0.1) is 0 Å². The molecule has 0 fully saturated rings. The maximum atomic E-state index is 12.7. The molecule has 7 heteroatoms. The van der Waals surface area contributed by atoms with E-state index in [1.165, 1.54) is 0 Å². The summed E-state index contributed by atoms with van der Waals surface area (Å²) in [6.45, 7) is 4.58. The zero-order chi connectivity index (χ0) is 20.5. The van der Waals surface area contributed by atoms with Gasteiger partial charge in [-0.05, 0) is 42.3 Å². The minimum Gasteiger partial charge on any atom is -0.481 e. The first-order valence-electron chi connectivity index (χ1n) is 9.09. The molecule has 0 radical (unpaired) electrons. The van der Waals surface area contributed by atoms with Crippen molar-refractivity contribution in [2.24, 2.45) is 5.92 Å². The number of benzene rings is 2. The maximum Gasteiger partial charge on any atom is 0.323 e. The molecule has 0 unspecified atom stereocenters. The zero-order valence-electron chi connectivity index (χ0n) is 16.0. The number of carbonyl (C=O) groups excluding carboxylic acids is 2. The van der Waals surface area contributed by atoms with Crippen molar-refractivity contribution in [3.63, 3.8) is 0 Å². The molecule has 0 aliphatic carbocycles. The Bertz CT molecular complexity index is 804. The smallest absolute Gasteiger partial charge is 0.323 e. The van der Waals surface area contributed by atoms with Crippen molar-refractivity contribution < 1.29 is 19.5 Å². The number of amides is 3. The van der Waals surface area contributed by atoms with Crippen LogP contribution in [-0.2, 0) is 4.79 Å². The van der Waals surface area contributed by atoms with Gasteiger partial charge in [-0.2, -0.15) is 0 Å². The van der Waals surface area contributed by atoms with Crippen LogP contribution in [0.15, 0.2) is 54.6 Å². The van der Waals surface area contributed by atoms with E-state index >= 15 is 0 Å². The van der Waals surface area contributed by atoms with Crippen molar-refractivity contribution in [3.05, 3.63) is 60.2 Å². The third-order valence-corrected chi connectivity index (χ3v) is 3.89. The molecule has 2 aromatic carbocycles. The van der Waals surface area contributed by atoms with E-state index in [9.17, 15) is 14.4 Å². The average Bonchev–Trinajstić information content (AvgIpc) is 2.65. The highest BCUT2D eigenvalue weighted by molar-refractivity contribution is 6.00. The van der Waals surface area contributed by atoms with Gasteiger partial charge in [0, 0.05) is 30.0 Å². The van der Waals surface area contributed by atoms with Crippen LogP contribution >= 0.6 is 0 Å². The summed E-state index contributed by atoms with van der Waals surface area (Å²) in [5.74, 6) is -0.943. The van der Waals surface area contributed by atoms with Gasteiger partial charge in [0.15, 0.2) is 0 Å². The topological polar surface area (TPSA) is 98.7 Å². The maximum absolute atomic E-state index is 12.7. The van der Waals surface area contributed by atoms with Crippen LogP contribution in [0.4, 0.5) is 16.2 Å². The quantitative estimate of drug-likeness (QED) is 0.644. The van der Waals surface area contributed by atoms with Crippen molar-refractivity contribution in [2.75, 3.05) is 23.7 Å². The lowest BCUT2D eigenvalue weighted by Crippen LogP contribution is -2.36. The first-order valence-corrected chi connectivity index (χ1v) is 9.09. The molecule has 2 rings (SSSR count). The van der Waals surface area contributed by atoms with Gasteiger partial charge in [0.25, 0.3) is 5.91 Å². The molecular weight excluding hydrogens is 358 g/mol. The van der Waals surface area contributed by atoms with Crippen molar-refractivity contribution in [2.45, 2.75) is 20.3 Å². The summed E-state index contributed by atoms with van der Waals surface area (Å²) in [6.07, 6.45) is -0.0994. The van der Waals surface area contributed by atoms with Crippen molar-refractivity contribution in [3.8, 4) is 0 Å². The van der Waals surface area contributed by atoms with Gasteiger partial charge in [0.1, 0.15) is 0 Å². The summed E-state index contributed by atoms with van der Waals surface area (Å²) in [5.41, 5.74) is 1.67. The number of hydrogen-bond acceptors (Lipinski definition) is 3. The molecular formula is C21H25N3O4. The first kappa shape index (κ1) is 21.0. The van der Waals surface area contributed by atoms with Crippen molar-refractivity contribution in [1.29, 1.82) is 0 Å². The lowest BCUT2D eigenvalue weighted by atomic mass is 10.1. The number of urea groups is 1. The molecule has 3 amide bonds. The second kappa shape index (κ2) is 10.1. The van der Waals surface area contributed by atoms with Gasteiger partial charge >= 0.3 is 12.0 Å². The van der Waals surface area contributed by atoms with Crippen LogP contribution in [0.3, 0.4) is 0 Å². The minimum atomic E-state index is -0.939. The molecule has 148 valence electrons. The molecule has 0 saturated carbocycles. The number of carboxylic acid groups (broad SMARTS) is 1. The Labute approximate surface area is 164 Å². The summed E-state index contributed by atoms with van der Waals surface area (Å²) < 4.78 is 0. The fraction of sp³-hybridized carbons (Fsp3) is 0.286. The lowest BCUT2D eigenvalue weighted by Gasteiger charge is -2.24. The predicted molar refractivity (Wildman–Crippen MR) is 109 cm³/mol. The highest BCUT2D eigenvalue weighted by atomic mass is 16.4. The number of anilines is 2. The molecule has 0 saturated heterocycles. The van der Waals surface area contributed by atoms with Gasteiger partial charge in [-0.3, -0.25) is 9.59 Å². The van der Waals surface area contributed by atoms with E-state index in [2.05, 4.69) is 10.6 Å². The van der Waals surface area contributed by atoms with Crippen molar-refractivity contribution >= 4 is 29.3 Å². The van der Waals surface area contributed by atoms with E-state index in [0.717, 1.165) is 0 Å². The number of rotatable bonds is 8. The molecule has 0 atom stereocenters. The van der Waals surface area contributed by atoms with Crippen LogP contribution < -0.4 is 10.6 Å². The molecule has 0 aliphatic rings. The van der Waals surface area contributed by atoms with Crippen LogP contribution in [0.1, 0.15) is 30.6 Å². The normalized spacial score (nSPS) is 10.4. The standard InChI is InChI=1S/C21H25N3O4/c1-15(2)14-24(13-12-19(25)26)20(27)16-8-10-18(11-9-16)23-21(28)22-17-6-4-3-5-7-17/h3-11,15H,12-14H2,1-2H3,(H,25,26)(H2,22,23,28). The first-order chi connectivity index (χ1) is 13.3. The van der Waals surface area contributed by atoms with E-state index in [1.54, 1.807) is 41.3 Å². The fourth-order valence-electron chi connectivity index (χ4n) is 2.64. The summed E-state index contributed by atoms with van der Waals surface area (Å²) in [4.78, 5) is 37.1. The minimum absolute atomic E-state index is 0.0994. The predicted octanol–water partition coefficient (Wildman–Crippen LogP) is 3.90. The average molecular weight is 383 g/mol. The number of nitrogens with zero attached hydrogens (tertiary/aromatic N) is 1. The van der Waals surface area contributed by atoms with E-state index in [0.29, 0.717) is 23.5 Å². The van der Waals surface area contributed by atoms with Crippen LogP contribution in [0.5, 0.6) is 0 Å². The second-order valence-corrected chi connectivity index (χ2v) is 6.81. The second-order valence-electron chi connectivity index (χ2n) is 6.81. The van der Waals surface area contributed by atoms with Gasteiger partial charge < -0.3 is 20.6 Å². The third-order valence-electron chi connectivity index (χ3n) is 3.89. The number of carbonyl (C=O) groups is 3. The summed E-state index contributed by atoms with van der Waals surface area (Å²) in [7, 11) is 0. The molecule has 7 nitrogen and oxygen atoms in total. The Kier molecular flexibility index (Phi) is 7.56. The monoisotopic (exact) mass is 383 g/mol. The van der Waals surface area contributed by atoms with E-state index in [1.807, 2.05) is 32.0 Å². The third kappa shape index (κ3) is 6.75. The molecule has 0 bridgehead atoms. The van der Waals surface area contributed by atoms with Crippen molar-refractivity contribution in [1.82, 2.24) is 4.90 Å². The molecule has 0 heterocycles. The van der Waals surface area contributed by atoms with Crippen LogP contribution in [0.25, 0.3) is 0 Å². The molecule has 0 aromatic heterocycles. The van der Waals surface area contributed by atoms with E-state index in [4.69, 9.17) is 5.11 Å². The number of para-hydroxylation sites is 1. The number of aliphatic carboxylic acids is 1. The van der Waals surface area contributed by atoms with Crippen LogP contribution in [0.2, 0.25) is 0 Å². The Morgan fingerprint density at radius 2 is 1.50 bits per heavy atom. The summed E-state index contributed by atoms with van der Waals surface area (Å²) in [5, 5.41) is 14.3. The molecule has 0 spiro atoms. The molecule has 3 N–H and O–H groups in total. The fourth-order valence-corrected chi connectivity index (χ4v) is 2.64. The van der Waals surface area contributed by atoms with Gasteiger partial charge in [0.2, 0.25) is 0 Å². The van der Waals surface area contributed by atoms with Crippen LogP contribution in [0, 0.1) is 5.92 Å². The van der Waals surface area contributed by atoms with Crippen LogP contribution in [-0.4, -0.2) is 41.0 Å². The summed E-state index contributed by atoms with van der Waals surface area (Å²) in [6, 6.07) is 15.2. The Morgan fingerprint density at radius 1 is 0.929 bits per heavy atom. The number of nitrogens with one attached hydrogen (secondary N) is 2. The SMILES string of the molecule is CC(C)CN(CCC(=O)O)C(=O)c1ccc(NC(=O)Nc2ccccc2)cc1. The van der Waals surface area contributed by atoms with Gasteiger partial charge in [-0.25, -0.2) is 4.79 Å². The largest absolute Gasteiger partial charge is 0.481 e. The summed E-state index contributed by atoms with van der Waals surface area (Å²) >= 11 is 0. The van der Waals surface area contributed by atoms with Gasteiger partial charge in [-0.1, -0.05) is 32.0 Å². The molecule has 28 heavy (non-hydrogen) atoms. The number of hydrogen-bond donors (Lipinski definition) is 3. The Balaban J connectivity index is 1.99.